The summed E-state index contributed by atoms with van der Waals surface area (Å²) in [4.78, 5) is 2.03. The molecule has 274 valence electrons. The Morgan fingerprint density at radius 1 is 0.625 bits per heavy atom. The lowest BCUT2D eigenvalue weighted by Crippen LogP contribution is -2.46. The monoisotopic (exact) mass is 732 g/mol. The number of hydrogen-bond donors (Lipinski definition) is 1. The molecule has 0 radical (unpaired) electrons. The molecule has 0 aliphatic carbocycles. The van der Waals surface area contributed by atoms with Crippen molar-refractivity contribution in [3.63, 3.8) is 0 Å². The number of thiophene rings is 2. The van der Waals surface area contributed by atoms with Crippen LogP contribution in [-0.4, -0.2) is 32.9 Å². The second-order valence-corrected chi connectivity index (χ2v) is 25.5. The van der Waals surface area contributed by atoms with Gasteiger partial charge in [0.05, 0.1) is 11.2 Å². The molecule has 2 aromatic heterocycles. The molecule has 0 aromatic carbocycles. The molecule has 48 heavy (non-hydrogen) atoms. The van der Waals surface area contributed by atoms with Crippen molar-refractivity contribution in [1.82, 2.24) is 0 Å². The van der Waals surface area contributed by atoms with Gasteiger partial charge in [-0.2, -0.15) is 0 Å². The van der Waals surface area contributed by atoms with Crippen molar-refractivity contribution in [1.29, 1.82) is 0 Å². The van der Waals surface area contributed by atoms with E-state index < -0.39 is 22.7 Å². The summed E-state index contributed by atoms with van der Waals surface area (Å²) < 4.78 is 14.2. The lowest BCUT2D eigenvalue weighted by molar-refractivity contribution is 0.0394. The van der Waals surface area contributed by atoms with E-state index >= 15 is 0 Å². The van der Waals surface area contributed by atoms with Crippen molar-refractivity contribution < 1.29 is 14.0 Å². The molecule has 7 heteroatoms. The molecule has 2 rings (SSSR count). The maximum Gasteiger partial charge on any atom is 0.192 e. The molecule has 0 spiro atoms. The van der Waals surface area contributed by atoms with Crippen molar-refractivity contribution in [2.75, 3.05) is 0 Å². The first kappa shape index (κ1) is 43.4. The van der Waals surface area contributed by atoms with Crippen LogP contribution in [0.25, 0.3) is 11.1 Å². The lowest BCUT2D eigenvalue weighted by Gasteiger charge is -2.42. The Morgan fingerprint density at radius 2 is 0.938 bits per heavy atom. The highest BCUT2D eigenvalue weighted by Crippen LogP contribution is 2.39. The van der Waals surface area contributed by atoms with Crippen LogP contribution >= 0.6 is 22.7 Å². The fourth-order valence-electron chi connectivity index (χ4n) is 7.33. The first-order valence-electron chi connectivity index (χ1n) is 19.5. The van der Waals surface area contributed by atoms with Crippen LogP contribution in [0, 0.1) is 0 Å². The Labute approximate surface area is 306 Å². The fraction of sp³-hybridized carbons (Fsp3) is 0.707. The molecule has 2 aromatic rings. The van der Waals surface area contributed by atoms with Gasteiger partial charge < -0.3 is 14.0 Å². The average molecular weight is 733 g/mol. The van der Waals surface area contributed by atoms with Gasteiger partial charge in [-0.1, -0.05) is 81.4 Å². The van der Waals surface area contributed by atoms with Crippen molar-refractivity contribution in [2.24, 2.45) is 0 Å². The molecular weight excluding hydrogens is 661 g/mol. The second-order valence-electron chi connectivity index (χ2n) is 14.2. The second kappa shape index (κ2) is 20.3. The van der Waals surface area contributed by atoms with E-state index in [9.17, 15) is 5.11 Å². The first-order chi connectivity index (χ1) is 22.9. The molecule has 0 saturated heterocycles. The van der Waals surface area contributed by atoms with Crippen LogP contribution in [0.2, 0.25) is 36.3 Å². The Hall–Kier alpha value is -0.806. The molecule has 1 N–H and O–H groups in total. The zero-order valence-corrected chi connectivity index (χ0v) is 36.7. The molecule has 0 aliphatic rings. The highest BCUT2D eigenvalue weighted by molar-refractivity contribution is 7.11. The molecule has 0 unspecified atom stereocenters. The largest absolute Gasteiger partial charge is 0.411 e. The summed E-state index contributed by atoms with van der Waals surface area (Å²) in [6.07, 6.45) is 12.7. The third-order valence-electron chi connectivity index (χ3n) is 12.1. The first-order valence-corrected chi connectivity index (χ1v) is 26.3. The molecule has 0 saturated carbocycles. The third kappa shape index (κ3) is 11.1. The molecule has 0 aliphatic heterocycles. The minimum absolute atomic E-state index is 0.0139. The van der Waals surface area contributed by atoms with Crippen molar-refractivity contribution >= 4 is 50.5 Å². The molecule has 2 heterocycles. The number of aliphatic hydroxyl groups is 1. The minimum atomic E-state index is -1.67. The summed E-state index contributed by atoms with van der Waals surface area (Å²) in [6.45, 7) is 27.6. The third-order valence-corrected chi connectivity index (χ3v) is 23.5. The van der Waals surface area contributed by atoms with Gasteiger partial charge in [0.15, 0.2) is 16.6 Å². The zero-order valence-electron chi connectivity index (χ0n) is 33.0. The van der Waals surface area contributed by atoms with E-state index in [0.717, 1.165) is 61.1 Å². The molecule has 0 amide bonds. The number of rotatable bonds is 24. The SMILES string of the molecule is CCC(CC)(CCC=C(C)c1csc(C(O)c2cc(C(C)=CCCC(CC)(CC)O[Si](CC)(CC)CC)cs2)c1)O[Si](CC)(CC)CC. The Kier molecular flexibility index (Phi) is 18.3. The van der Waals surface area contributed by atoms with E-state index in [2.05, 4.69) is 118 Å². The van der Waals surface area contributed by atoms with E-state index in [1.807, 2.05) is 0 Å². The Morgan fingerprint density at radius 3 is 1.21 bits per heavy atom. The van der Waals surface area contributed by atoms with Crippen LogP contribution in [0.4, 0.5) is 0 Å². The average Bonchev–Trinajstić information content (AvgIpc) is 3.83. The van der Waals surface area contributed by atoms with Gasteiger partial charge in [0.1, 0.15) is 6.10 Å². The lowest BCUT2D eigenvalue weighted by atomic mass is 9.91. The summed E-state index contributed by atoms with van der Waals surface area (Å²) in [6, 6.07) is 11.6. The van der Waals surface area contributed by atoms with Crippen molar-refractivity contribution in [3.05, 3.63) is 55.9 Å². The minimum Gasteiger partial charge on any atom is -0.411 e. The molecule has 3 nitrogen and oxygen atoms in total. The highest BCUT2D eigenvalue weighted by atomic mass is 32.1. The van der Waals surface area contributed by atoms with Gasteiger partial charge in [-0.3, -0.25) is 0 Å². The van der Waals surface area contributed by atoms with E-state index in [1.165, 1.54) is 58.5 Å². The number of allylic oxidation sites excluding steroid dienone is 4. The normalized spacial score (nSPS) is 14.6. The summed E-state index contributed by atoms with van der Waals surface area (Å²) in [5.41, 5.74) is 4.99. The predicted octanol–water partition coefficient (Wildman–Crippen LogP) is 14.4. The van der Waals surface area contributed by atoms with Gasteiger partial charge in [0.25, 0.3) is 0 Å². The fourth-order valence-corrected chi connectivity index (χ4v) is 15.8. The molecule has 0 fully saturated rings. The highest BCUT2D eigenvalue weighted by Gasteiger charge is 2.39. The quantitative estimate of drug-likeness (QED) is 0.109. The van der Waals surface area contributed by atoms with Gasteiger partial charge in [-0.05, 0) is 147 Å². The van der Waals surface area contributed by atoms with Gasteiger partial charge in [-0.25, -0.2) is 0 Å². The Balaban J connectivity index is 2.09. The van der Waals surface area contributed by atoms with Gasteiger partial charge in [0.2, 0.25) is 0 Å². The molecular formula is C41H72O3S2Si2. The Bertz CT molecular complexity index is 1150. The van der Waals surface area contributed by atoms with Crippen LogP contribution < -0.4 is 0 Å². The van der Waals surface area contributed by atoms with Crippen LogP contribution in [0.5, 0.6) is 0 Å². The topological polar surface area (TPSA) is 38.7 Å². The van der Waals surface area contributed by atoms with Crippen LogP contribution in [0.15, 0.2) is 35.0 Å². The van der Waals surface area contributed by atoms with Crippen LogP contribution in [0.1, 0.15) is 161 Å². The van der Waals surface area contributed by atoms with Gasteiger partial charge >= 0.3 is 0 Å². The number of hydrogen-bond acceptors (Lipinski definition) is 5. The summed E-state index contributed by atoms with van der Waals surface area (Å²) >= 11 is 3.33. The van der Waals surface area contributed by atoms with Crippen molar-refractivity contribution in [2.45, 2.75) is 188 Å². The maximum atomic E-state index is 11.4. The zero-order chi connectivity index (χ0) is 36.0. The van der Waals surface area contributed by atoms with E-state index in [0.29, 0.717) is 0 Å². The van der Waals surface area contributed by atoms with Crippen molar-refractivity contribution in [3.8, 4) is 0 Å². The molecule has 0 bridgehead atoms. The van der Waals surface area contributed by atoms with Gasteiger partial charge in [-0.15, -0.1) is 22.7 Å². The smallest absolute Gasteiger partial charge is 0.192 e. The van der Waals surface area contributed by atoms with Crippen LogP contribution in [0.3, 0.4) is 0 Å². The van der Waals surface area contributed by atoms with Gasteiger partial charge in [0, 0.05) is 9.75 Å². The summed E-state index contributed by atoms with van der Waals surface area (Å²) in [5.74, 6) is 0. The van der Waals surface area contributed by atoms with E-state index in [-0.39, 0.29) is 11.2 Å². The summed E-state index contributed by atoms with van der Waals surface area (Å²) in [5, 5.41) is 15.8. The summed E-state index contributed by atoms with van der Waals surface area (Å²) in [7, 11) is -3.33. The molecule has 0 atom stereocenters. The van der Waals surface area contributed by atoms with Crippen LogP contribution in [-0.2, 0) is 8.85 Å². The maximum absolute atomic E-state index is 11.4. The standard InChI is InChI=1S/C41H72O3S2Si2/c1-13-40(14-2,43-47(17-5,18-6)19-7)27-23-25-33(11)35-29-37(45-31-35)39(42)38-30-36(32-46-38)34(12)26-24-28-41(15-3,16-4)44-48(20-8,21-9)22-10/h25-26,29-32,39,42H,13-24,27-28H2,1-12H3. The van der Waals surface area contributed by atoms with E-state index in [4.69, 9.17) is 8.85 Å². The predicted molar refractivity (Wildman–Crippen MR) is 222 cm³/mol. The number of aliphatic hydroxyl groups excluding tert-OH is 1. The van der Waals surface area contributed by atoms with E-state index in [1.54, 1.807) is 22.7 Å².